The molecular formula is C21H23N5OS. The van der Waals surface area contributed by atoms with Crippen molar-refractivity contribution in [3.8, 4) is 0 Å². The molecule has 1 N–H and O–H groups in total. The van der Waals surface area contributed by atoms with Crippen molar-refractivity contribution < 1.29 is 4.79 Å². The maximum Gasteiger partial charge on any atom is 0.233 e. The third-order valence-corrected chi connectivity index (χ3v) is 5.55. The standard InChI is InChI=1S/C21H23N5OS/c1-13-6-7-18-16(9-13)5-4-8-26(18)19(27)11-17-12-28-21(24-17)25-20-22-14(2)10-15(3)23-20/h6-7,9-10,12H,4-5,8,11H2,1-3H3,(H,22,23,24,25). The fourth-order valence-corrected chi connectivity index (χ4v) is 4.26. The largest absolute Gasteiger partial charge is 0.312 e. The van der Waals surface area contributed by atoms with Crippen molar-refractivity contribution in [1.82, 2.24) is 15.0 Å². The van der Waals surface area contributed by atoms with E-state index in [9.17, 15) is 4.79 Å². The van der Waals surface area contributed by atoms with Gasteiger partial charge in [-0.2, -0.15) is 0 Å². The number of hydrogen-bond acceptors (Lipinski definition) is 6. The van der Waals surface area contributed by atoms with Crippen LogP contribution in [0.4, 0.5) is 16.8 Å². The van der Waals surface area contributed by atoms with Gasteiger partial charge in [0, 0.05) is 29.0 Å². The second kappa shape index (κ2) is 7.67. The average molecular weight is 394 g/mol. The number of benzene rings is 1. The first-order valence-electron chi connectivity index (χ1n) is 9.41. The summed E-state index contributed by atoms with van der Waals surface area (Å²) >= 11 is 1.46. The van der Waals surface area contributed by atoms with Gasteiger partial charge in [-0.3, -0.25) is 4.79 Å². The van der Waals surface area contributed by atoms with E-state index >= 15 is 0 Å². The number of hydrogen-bond donors (Lipinski definition) is 1. The first kappa shape index (κ1) is 18.6. The summed E-state index contributed by atoms with van der Waals surface area (Å²) < 4.78 is 0. The molecule has 0 atom stereocenters. The fraction of sp³-hybridized carbons (Fsp3) is 0.333. The minimum atomic E-state index is 0.0873. The summed E-state index contributed by atoms with van der Waals surface area (Å²) in [6.45, 7) is 6.72. The molecule has 0 unspecified atom stereocenters. The summed E-state index contributed by atoms with van der Waals surface area (Å²) in [4.78, 5) is 28.1. The number of carbonyl (C=O) groups is 1. The third-order valence-electron chi connectivity index (χ3n) is 4.74. The van der Waals surface area contributed by atoms with Crippen LogP contribution in [0.3, 0.4) is 0 Å². The lowest BCUT2D eigenvalue weighted by Gasteiger charge is -2.29. The Hall–Kier alpha value is -2.80. The molecule has 1 aliphatic heterocycles. The van der Waals surface area contributed by atoms with Gasteiger partial charge < -0.3 is 10.2 Å². The maximum atomic E-state index is 12.9. The summed E-state index contributed by atoms with van der Waals surface area (Å²) in [7, 11) is 0. The highest BCUT2D eigenvalue weighted by Gasteiger charge is 2.23. The van der Waals surface area contributed by atoms with Crippen LogP contribution in [0, 0.1) is 20.8 Å². The predicted octanol–water partition coefficient (Wildman–Crippen LogP) is 4.12. The summed E-state index contributed by atoms with van der Waals surface area (Å²) in [5.74, 6) is 0.620. The molecule has 3 heterocycles. The third kappa shape index (κ3) is 4.04. The van der Waals surface area contributed by atoms with Crippen molar-refractivity contribution in [3.63, 3.8) is 0 Å². The average Bonchev–Trinajstić information content (AvgIpc) is 3.06. The van der Waals surface area contributed by atoms with Gasteiger partial charge in [0.05, 0.1) is 12.1 Å². The number of rotatable bonds is 4. The number of aromatic nitrogens is 3. The molecule has 28 heavy (non-hydrogen) atoms. The maximum absolute atomic E-state index is 12.9. The van der Waals surface area contributed by atoms with E-state index in [0.29, 0.717) is 17.5 Å². The van der Waals surface area contributed by atoms with Crippen molar-refractivity contribution in [2.75, 3.05) is 16.8 Å². The normalized spacial score (nSPS) is 13.3. The first-order chi connectivity index (χ1) is 13.5. The number of thiazole rings is 1. The van der Waals surface area contributed by atoms with Crippen LogP contribution in [-0.4, -0.2) is 27.4 Å². The van der Waals surface area contributed by atoms with Gasteiger partial charge in [-0.05, 0) is 51.3 Å². The topological polar surface area (TPSA) is 71.0 Å². The van der Waals surface area contributed by atoms with Crippen LogP contribution in [0.15, 0.2) is 29.6 Å². The molecule has 1 aliphatic rings. The van der Waals surface area contributed by atoms with Gasteiger partial charge in [-0.1, -0.05) is 17.7 Å². The predicted molar refractivity (Wildman–Crippen MR) is 112 cm³/mol. The molecule has 1 aromatic carbocycles. The molecule has 144 valence electrons. The van der Waals surface area contributed by atoms with Crippen LogP contribution in [0.25, 0.3) is 0 Å². The van der Waals surface area contributed by atoms with Crippen LogP contribution in [-0.2, 0) is 17.6 Å². The van der Waals surface area contributed by atoms with Crippen LogP contribution < -0.4 is 10.2 Å². The molecule has 7 heteroatoms. The summed E-state index contributed by atoms with van der Waals surface area (Å²) in [5.41, 5.74) is 6.10. The van der Waals surface area contributed by atoms with Gasteiger partial charge >= 0.3 is 0 Å². The van der Waals surface area contributed by atoms with E-state index in [1.807, 2.05) is 30.2 Å². The number of aryl methyl sites for hydroxylation is 4. The molecule has 4 rings (SSSR count). The molecule has 0 fully saturated rings. The van der Waals surface area contributed by atoms with Crippen molar-refractivity contribution in [2.24, 2.45) is 0 Å². The van der Waals surface area contributed by atoms with Gasteiger partial charge in [-0.25, -0.2) is 15.0 Å². The second-order valence-corrected chi connectivity index (χ2v) is 8.06. The van der Waals surface area contributed by atoms with E-state index in [-0.39, 0.29) is 5.91 Å². The lowest BCUT2D eigenvalue weighted by Crippen LogP contribution is -2.36. The molecule has 1 amide bonds. The zero-order chi connectivity index (χ0) is 19.7. The molecule has 6 nitrogen and oxygen atoms in total. The van der Waals surface area contributed by atoms with Gasteiger partial charge in [0.25, 0.3) is 0 Å². The highest BCUT2D eigenvalue weighted by molar-refractivity contribution is 7.13. The van der Waals surface area contributed by atoms with E-state index in [1.165, 1.54) is 22.5 Å². The van der Waals surface area contributed by atoms with E-state index in [4.69, 9.17) is 0 Å². The quantitative estimate of drug-likeness (QED) is 0.722. The molecule has 2 aromatic heterocycles. The fourth-order valence-electron chi connectivity index (χ4n) is 3.56. The molecule has 0 saturated heterocycles. The van der Waals surface area contributed by atoms with Crippen molar-refractivity contribution in [1.29, 1.82) is 0 Å². The Bertz CT molecular complexity index is 1010. The Labute approximate surface area is 168 Å². The molecule has 0 spiro atoms. The van der Waals surface area contributed by atoms with Crippen LogP contribution in [0.2, 0.25) is 0 Å². The molecule has 0 saturated carbocycles. The van der Waals surface area contributed by atoms with Crippen LogP contribution in [0.1, 0.15) is 34.6 Å². The molecule has 0 radical (unpaired) electrons. The summed E-state index contributed by atoms with van der Waals surface area (Å²) in [5, 5.41) is 5.76. The SMILES string of the molecule is Cc1ccc2c(c1)CCCN2C(=O)Cc1csc(Nc2nc(C)cc(C)n2)n1. The zero-order valence-electron chi connectivity index (χ0n) is 16.3. The monoisotopic (exact) mass is 393 g/mol. The second-order valence-electron chi connectivity index (χ2n) is 7.20. The Morgan fingerprint density at radius 3 is 2.71 bits per heavy atom. The smallest absolute Gasteiger partial charge is 0.233 e. The summed E-state index contributed by atoms with van der Waals surface area (Å²) in [6, 6.07) is 8.24. The Morgan fingerprint density at radius 1 is 1.14 bits per heavy atom. The highest BCUT2D eigenvalue weighted by atomic mass is 32.1. The molecular weight excluding hydrogens is 370 g/mol. The van der Waals surface area contributed by atoms with Gasteiger partial charge in [0.1, 0.15) is 0 Å². The summed E-state index contributed by atoms with van der Waals surface area (Å²) in [6.07, 6.45) is 2.32. The number of carbonyl (C=O) groups excluding carboxylic acids is 1. The minimum absolute atomic E-state index is 0.0873. The van der Waals surface area contributed by atoms with E-state index in [0.717, 1.165) is 42.2 Å². The first-order valence-corrected chi connectivity index (χ1v) is 10.3. The number of nitrogens with zero attached hydrogens (tertiary/aromatic N) is 4. The number of anilines is 3. The van der Waals surface area contributed by atoms with E-state index in [2.05, 4.69) is 45.4 Å². The molecule has 3 aromatic rings. The van der Waals surface area contributed by atoms with E-state index in [1.54, 1.807) is 0 Å². The van der Waals surface area contributed by atoms with Crippen LogP contribution >= 0.6 is 11.3 Å². The van der Waals surface area contributed by atoms with Crippen molar-refractivity contribution in [2.45, 2.75) is 40.0 Å². The van der Waals surface area contributed by atoms with Crippen molar-refractivity contribution in [3.05, 3.63) is 57.9 Å². The lowest BCUT2D eigenvalue weighted by molar-refractivity contribution is -0.118. The Morgan fingerprint density at radius 2 is 1.93 bits per heavy atom. The number of nitrogens with one attached hydrogen (secondary N) is 1. The van der Waals surface area contributed by atoms with Gasteiger partial charge in [0.2, 0.25) is 11.9 Å². The van der Waals surface area contributed by atoms with Gasteiger partial charge in [-0.15, -0.1) is 11.3 Å². The van der Waals surface area contributed by atoms with E-state index < -0.39 is 0 Å². The number of amides is 1. The minimum Gasteiger partial charge on any atom is -0.312 e. The van der Waals surface area contributed by atoms with Gasteiger partial charge in [0.15, 0.2) is 5.13 Å². The van der Waals surface area contributed by atoms with Crippen LogP contribution in [0.5, 0.6) is 0 Å². The Balaban J connectivity index is 1.46. The van der Waals surface area contributed by atoms with Crippen molar-refractivity contribution >= 4 is 34.0 Å². The molecule has 0 bridgehead atoms. The highest BCUT2D eigenvalue weighted by Crippen LogP contribution is 2.29. The molecule has 0 aliphatic carbocycles. The number of fused-ring (bicyclic) bond motifs is 1. The zero-order valence-corrected chi connectivity index (χ0v) is 17.1. The Kier molecular flexibility index (Phi) is 5.09. The lowest BCUT2D eigenvalue weighted by atomic mass is 9.99.